The quantitative estimate of drug-likeness (QED) is 0.597. The molecule has 0 fully saturated rings. The smallest absolute Gasteiger partial charge is 0.330 e. The highest BCUT2D eigenvalue weighted by atomic mass is 16.7. The van der Waals surface area contributed by atoms with Gasteiger partial charge in [-0.25, -0.2) is 4.79 Å². The molecule has 0 aliphatic heterocycles. The zero-order valence-electron chi connectivity index (χ0n) is 18.9. The summed E-state index contributed by atoms with van der Waals surface area (Å²) in [6, 6.07) is 11.6. The monoisotopic (exact) mass is 434 g/mol. The Kier molecular flexibility index (Phi) is 6.33. The van der Waals surface area contributed by atoms with Crippen LogP contribution < -0.4 is 15.7 Å². The number of hydrogen-bond acceptors (Lipinski definition) is 5. The average Bonchev–Trinajstić information content (AvgIpc) is 3.17. The van der Waals surface area contributed by atoms with Gasteiger partial charge in [0.25, 0.3) is 5.56 Å². The minimum Gasteiger partial charge on any atom is -0.506 e. The summed E-state index contributed by atoms with van der Waals surface area (Å²) in [6.07, 6.45) is 4.94. The van der Waals surface area contributed by atoms with Gasteiger partial charge < -0.3 is 15.3 Å². The molecule has 0 atom stereocenters. The van der Waals surface area contributed by atoms with Crippen LogP contribution >= 0.6 is 0 Å². The first-order chi connectivity index (χ1) is 15.4. The predicted molar refractivity (Wildman–Crippen MR) is 125 cm³/mol. The number of aryl methyl sites for hydroxylation is 2. The van der Waals surface area contributed by atoms with Crippen LogP contribution in [0.3, 0.4) is 0 Å². The molecule has 0 spiro atoms. The molecule has 0 saturated heterocycles. The van der Waals surface area contributed by atoms with Gasteiger partial charge in [0.2, 0.25) is 0 Å². The molecular formula is C26H30N2O4. The molecule has 1 aromatic heterocycles. The van der Waals surface area contributed by atoms with E-state index in [1.807, 2.05) is 6.07 Å². The van der Waals surface area contributed by atoms with Gasteiger partial charge in [-0.05, 0) is 78.6 Å². The Labute approximate surface area is 187 Å². The van der Waals surface area contributed by atoms with E-state index in [-0.39, 0.29) is 11.3 Å². The maximum Gasteiger partial charge on any atom is 0.330 e. The number of aromatic hydroxyl groups is 1. The summed E-state index contributed by atoms with van der Waals surface area (Å²) in [5, 5.41) is 14.7. The molecule has 0 radical (unpaired) electrons. The van der Waals surface area contributed by atoms with E-state index in [9.17, 15) is 14.7 Å². The highest BCUT2D eigenvalue weighted by molar-refractivity contribution is 5.88. The van der Waals surface area contributed by atoms with Gasteiger partial charge in [0, 0.05) is 24.4 Å². The number of benzene rings is 2. The van der Waals surface area contributed by atoms with E-state index in [4.69, 9.17) is 4.84 Å². The first-order valence-corrected chi connectivity index (χ1v) is 11.3. The molecule has 168 valence electrons. The van der Waals surface area contributed by atoms with Crippen molar-refractivity contribution in [2.45, 2.75) is 58.9 Å². The molecule has 32 heavy (non-hydrogen) atoms. The van der Waals surface area contributed by atoms with Crippen LogP contribution in [-0.4, -0.2) is 28.4 Å². The van der Waals surface area contributed by atoms with Crippen molar-refractivity contribution in [3.63, 3.8) is 0 Å². The van der Waals surface area contributed by atoms with Crippen molar-refractivity contribution in [2.75, 3.05) is 6.54 Å². The van der Waals surface area contributed by atoms with Gasteiger partial charge in [-0.15, -0.1) is 4.73 Å². The Morgan fingerprint density at radius 1 is 1.06 bits per heavy atom. The number of phenolic OH excluding ortho intramolecular Hbond substituents is 1. The van der Waals surface area contributed by atoms with E-state index in [2.05, 4.69) is 31.3 Å². The predicted octanol–water partition coefficient (Wildman–Crippen LogP) is 3.11. The molecule has 1 aliphatic rings. The summed E-state index contributed by atoms with van der Waals surface area (Å²) in [5.74, 6) is -0.718. The van der Waals surface area contributed by atoms with E-state index < -0.39 is 11.5 Å². The number of nitrogens with one attached hydrogen (secondary N) is 1. The number of hydrogen-bond donors (Lipinski definition) is 2. The van der Waals surface area contributed by atoms with Crippen molar-refractivity contribution in [1.82, 2.24) is 10.0 Å². The lowest BCUT2D eigenvalue weighted by atomic mass is 9.97. The fourth-order valence-corrected chi connectivity index (χ4v) is 4.80. The van der Waals surface area contributed by atoms with Gasteiger partial charge in [-0.3, -0.25) is 4.79 Å². The van der Waals surface area contributed by atoms with E-state index >= 15 is 0 Å². The van der Waals surface area contributed by atoms with Crippen molar-refractivity contribution >= 4 is 16.9 Å². The van der Waals surface area contributed by atoms with E-state index in [1.165, 1.54) is 35.2 Å². The third-order valence-electron chi connectivity index (χ3n) is 6.35. The van der Waals surface area contributed by atoms with Crippen LogP contribution in [0.2, 0.25) is 0 Å². The lowest BCUT2D eigenvalue weighted by molar-refractivity contribution is -0.141. The lowest BCUT2D eigenvalue weighted by Crippen LogP contribution is -2.31. The van der Waals surface area contributed by atoms with Crippen LogP contribution in [0.15, 0.2) is 41.2 Å². The molecule has 2 aromatic carbocycles. The summed E-state index contributed by atoms with van der Waals surface area (Å²) < 4.78 is 0.869. The van der Waals surface area contributed by atoms with Gasteiger partial charge in [0.15, 0.2) is 0 Å². The van der Waals surface area contributed by atoms with Crippen molar-refractivity contribution in [1.29, 1.82) is 0 Å². The maximum atomic E-state index is 12.2. The van der Waals surface area contributed by atoms with Gasteiger partial charge in [-0.1, -0.05) is 32.0 Å². The molecule has 0 unspecified atom stereocenters. The van der Waals surface area contributed by atoms with Crippen molar-refractivity contribution in [3.8, 4) is 5.75 Å². The summed E-state index contributed by atoms with van der Waals surface area (Å²) >= 11 is 0. The number of phenols is 1. The Morgan fingerprint density at radius 2 is 1.72 bits per heavy atom. The summed E-state index contributed by atoms with van der Waals surface area (Å²) in [5.41, 5.74) is 6.53. The molecule has 6 heteroatoms. The summed E-state index contributed by atoms with van der Waals surface area (Å²) in [7, 11) is 0. The Bertz CT molecular complexity index is 1200. The number of nitrogens with zero attached hydrogens (tertiary/aromatic N) is 1. The third kappa shape index (κ3) is 4.28. The zero-order chi connectivity index (χ0) is 22.8. The van der Waals surface area contributed by atoms with Crippen LogP contribution in [0.1, 0.15) is 48.6 Å². The normalized spacial score (nSPS) is 13.5. The number of rotatable bonds is 7. The SMILES string of the molecule is CCc1cc2c(cc1CC)CC(NCCc1ccc(O)c3c1ccc(=O)n3OC(C)=O)C2. The maximum absolute atomic E-state index is 12.2. The first kappa shape index (κ1) is 22.1. The fraction of sp³-hybridized carbons (Fsp3) is 0.385. The number of carbonyl (C=O) groups excluding carboxylic acids is 1. The van der Waals surface area contributed by atoms with Crippen LogP contribution in [-0.2, 0) is 36.9 Å². The van der Waals surface area contributed by atoms with Crippen molar-refractivity contribution in [2.24, 2.45) is 0 Å². The minimum absolute atomic E-state index is 0.0969. The number of pyridine rings is 1. The topological polar surface area (TPSA) is 80.6 Å². The van der Waals surface area contributed by atoms with Gasteiger partial charge in [0.05, 0.1) is 0 Å². The minimum atomic E-state index is -0.621. The molecule has 2 N–H and O–H groups in total. The van der Waals surface area contributed by atoms with Crippen LogP contribution in [0.4, 0.5) is 0 Å². The molecule has 0 amide bonds. The van der Waals surface area contributed by atoms with E-state index in [1.54, 1.807) is 12.1 Å². The molecule has 4 rings (SSSR count). The van der Waals surface area contributed by atoms with Gasteiger partial charge >= 0.3 is 5.97 Å². The molecule has 1 aliphatic carbocycles. The summed E-state index contributed by atoms with van der Waals surface area (Å²) in [4.78, 5) is 28.6. The molecule has 3 aromatic rings. The van der Waals surface area contributed by atoms with Crippen molar-refractivity contribution < 1.29 is 14.7 Å². The Balaban J connectivity index is 1.49. The number of carbonyl (C=O) groups is 1. The van der Waals surface area contributed by atoms with E-state index in [0.717, 1.165) is 48.9 Å². The second kappa shape index (κ2) is 9.17. The third-order valence-corrected chi connectivity index (χ3v) is 6.35. The molecule has 1 heterocycles. The highest BCUT2D eigenvalue weighted by Crippen LogP contribution is 2.28. The number of fused-ring (bicyclic) bond motifs is 2. The van der Waals surface area contributed by atoms with Crippen molar-refractivity contribution in [3.05, 3.63) is 74.6 Å². The Hall–Kier alpha value is -3.12. The largest absolute Gasteiger partial charge is 0.506 e. The Morgan fingerprint density at radius 3 is 2.31 bits per heavy atom. The standard InChI is InChI=1S/C26H30N2O4/c1-4-17-12-20-14-22(15-21(20)13-18(17)5-2)27-11-10-19-6-8-24(30)26-23(19)7-9-25(31)28(26)32-16(3)29/h6-9,12-13,22,27,30H,4-5,10-11,14-15H2,1-3H3. The van der Waals surface area contributed by atoms with Gasteiger partial charge in [-0.2, -0.15) is 0 Å². The first-order valence-electron chi connectivity index (χ1n) is 11.3. The molecule has 0 saturated carbocycles. The van der Waals surface area contributed by atoms with Crippen LogP contribution in [0, 0.1) is 0 Å². The number of aromatic nitrogens is 1. The summed E-state index contributed by atoms with van der Waals surface area (Å²) in [6.45, 7) is 6.43. The second-order valence-corrected chi connectivity index (χ2v) is 8.46. The van der Waals surface area contributed by atoms with Gasteiger partial charge in [0.1, 0.15) is 11.3 Å². The second-order valence-electron chi connectivity index (χ2n) is 8.46. The van der Waals surface area contributed by atoms with Crippen LogP contribution in [0.5, 0.6) is 5.75 Å². The molecule has 0 bridgehead atoms. The zero-order valence-corrected chi connectivity index (χ0v) is 18.9. The molecule has 6 nitrogen and oxygen atoms in total. The lowest BCUT2D eigenvalue weighted by Gasteiger charge is -2.15. The fourth-order valence-electron chi connectivity index (χ4n) is 4.80. The van der Waals surface area contributed by atoms with E-state index in [0.29, 0.717) is 11.4 Å². The average molecular weight is 435 g/mol. The molecular weight excluding hydrogens is 404 g/mol. The van der Waals surface area contributed by atoms with Crippen LogP contribution in [0.25, 0.3) is 10.9 Å². The highest BCUT2D eigenvalue weighted by Gasteiger charge is 2.22.